The maximum absolute atomic E-state index is 16.7. The van der Waals surface area contributed by atoms with Crippen molar-refractivity contribution in [2.45, 2.75) is 101 Å². The molecule has 3 aliphatic rings. The van der Waals surface area contributed by atoms with Crippen LogP contribution in [0.1, 0.15) is 60.7 Å². The molecule has 3 N–H and O–H groups in total. The van der Waals surface area contributed by atoms with Crippen molar-refractivity contribution < 1.29 is 61.1 Å². The van der Waals surface area contributed by atoms with Gasteiger partial charge in [0.05, 0.1) is 63.0 Å². The molecule has 24 nitrogen and oxygen atoms in total. The van der Waals surface area contributed by atoms with Gasteiger partial charge in [0.15, 0.2) is 58.6 Å². The fourth-order valence-corrected chi connectivity index (χ4v) is 11.4. The highest BCUT2D eigenvalue weighted by atomic mass is 32.5. The normalized spacial score (nSPS) is 27.1. The standard InChI is InChI=1S/C34H37F2N10O6PS.C13H15FN4O4/c1-4-20-13-22(45-17-43-27-30(39-16-41-32(27)45)44(3)33(48)21-9-6-5-7-10-21)24(35)29(20)52-53(54,49-12-8-11-37)50-14-23-28(47)25(36)34(51-23)46-18-42-26-19(2)38-15-40-31(26)46;1-2-3-21-12-9-11(15-5-16-12)18(6-17-9)13-8(14)10(20)7(4-19)22-13/h5-7,9-10,15-18,20,22-25,28-29,34,47H,4,8,12-14H2,1-3H3;2,5-8,10,13,19-20H,1,3-4H2/t20-,22+,23+,24-,25+,28+,29+,34+,53?;7-,8-,10-,13-/m01/s1. The number of nitriles is 1. The predicted molar refractivity (Wildman–Crippen MR) is 266 cm³/mol. The number of carbonyl (C=O) groups excluding carboxylic acids is 1. The topological polar surface area (TPSA) is 291 Å². The number of carbonyl (C=O) groups is 1. The Kier molecular flexibility index (Phi) is 16.7. The zero-order chi connectivity index (χ0) is 53.8. The third-order valence-corrected chi connectivity index (χ3v) is 15.5. The summed E-state index contributed by atoms with van der Waals surface area (Å²) in [6, 6.07) is 9.89. The lowest BCUT2D eigenvalue weighted by molar-refractivity contribution is -0.0479. The van der Waals surface area contributed by atoms with Crippen LogP contribution >= 0.6 is 6.72 Å². The number of rotatable bonds is 18. The van der Waals surface area contributed by atoms with Gasteiger partial charge in [-0.1, -0.05) is 44.2 Å². The monoisotopic (exact) mass is 1090 g/mol. The van der Waals surface area contributed by atoms with E-state index in [1.807, 2.05) is 19.1 Å². The summed E-state index contributed by atoms with van der Waals surface area (Å²) in [6.07, 6.45) is -3.62. The summed E-state index contributed by atoms with van der Waals surface area (Å²) < 4.78 is 85.4. The molecule has 13 atom stereocenters. The van der Waals surface area contributed by atoms with Crippen molar-refractivity contribution in [3.05, 3.63) is 92.2 Å². The van der Waals surface area contributed by atoms with Crippen LogP contribution in [0.25, 0.3) is 33.5 Å². The van der Waals surface area contributed by atoms with Gasteiger partial charge < -0.3 is 47.7 Å². The molecule has 3 fully saturated rings. The summed E-state index contributed by atoms with van der Waals surface area (Å²) in [6.45, 7) is 2.50. The summed E-state index contributed by atoms with van der Waals surface area (Å²) >= 11 is 5.75. The maximum atomic E-state index is 16.7. The minimum absolute atomic E-state index is 0.0505. The first-order valence-electron chi connectivity index (χ1n) is 23.9. The zero-order valence-corrected chi connectivity index (χ0v) is 42.7. The molecule has 0 bridgehead atoms. The van der Waals surface area contributed by atoms with E-state index >= 15 is 8.78 Å². The number of imidazole rings is 3. The number of hydrogen-bond donors (Lipinski definition) is 3. The number of aromatic nitrogens is 12. The van der Waals surface area contributed by atoms with Crippen LogP contribution in [0.5, 0.6) is 5.88 Å². The summed E-state index contributed by atoms with van der Waals surface area (Å²) in [5, 5.41) is 38.8. The zero-order valence-electron chi connectivity index (χ0n) is 41.0. The minimum atomic E-state index is -3.83. The average molecular weight is 1090 g/mol. The van der Waals surface area contributed by atoms with E-state index in [0.29, 0.717) is 57.6 Å². The van der Waals surface area contributed by atoms with Gasteiger partial charge in [0.25, 0.3) is 5.91 Å². The highest BCUT2D eigenvalue weighted by Crippen LogP contribution is 2.56. The van der Waals surface area contributed by atoms with Crippen molar-refractivity contribution in [3.63, 3.8) is 0 Å². The molecule has 2 aliphatic heterocycles. The molecule has 7 aromatic rings. The first-order valence-corrected chi connectivity index (χ1v) is 26.5. The van der Waals surface area contributed by atoms with Gasteiger partial charge in [-0.3, -0.25) is 18.8 Å². The Hall–Kier alpha value is -6.51. The first kappa shape index (κ1) is 54.3. The number of hydrogen-bond acceptors (Lipinski definition) is 21. The number of aliphatic hydroxyl groups excluding tert-OH is 3. The van der Waals surface area contributed by atoms with Gasteiger partial charge in [-0.05, 0) is 43.2 Å². The Morgan fingerprint density at radius 2 is 1.47 bits per heavy atom. The fraction of sp³-hybridized carbons (Fsp3) is 0.468. The average Bonchev–Trinajstić information content (AvgIpc) is 4.31. The quantitative estimate of drug-likeness (QED) is 0.0596. The maximum Gasteiger partial charge on any atom is 0.327 e. The van der Waals surface area contributed by atoms with Gasteiger partial charge in [0.1, 0.15) is 67.8 Å². The van der Waals surface area contributed by atoms with Crippen LogP contribution in [0, 0.1) is 24.2 Å². The van der Waals surface area contributed by atoms with Crippen LogP contribution in [0.15, 0.2) is 81.0 Å². The highest BCUT2D eigenvalue weighted by Gasteiger charge is 2.50. The van der Waals surface area contributed by atoms with E-state index < -0.39 is 87.5 Å². The number of ether oxygens (including phenoxy) is 3. The second kappa shape index (κ2) is 23.4. The fourth-order valence-electron chi connectivity index (χ4n) is 9.24. The highest BCUT2D eigenvalue weighted by molar-refractivity contribution is 8.07. The molecule has 1 aliphatic carbocycles. The Labute approximate surface area is 436 Å². The number of halogens is 3. The smallest absolute Gasteiger partial charge is 0.327 e. The number of alkyl halides is 3. The number of amides is 1. The van der Waals surface area contributed by atoms with Crippen molar-refractivity contribution in [2.75, 3.05) is 38.4 Å². The molecule has 29 heteroatoms. The van der Waals surface area contributed by atoms with E-state index in [2.05, 4.69) is 51.4 Å². The number of anilines is 1. The molecule has 1 aromatic carbocycles. The van der Waals surface area contributed by atoms with Crippen molar-refractivity contribution in [1.29, 1.82) is 5.26 Å². The van der Waals surface area contributed by atoms with Crippen LogP contribution in [-0.2, 0) is 34.9 Å². The van der Waals surface area contributed by atoms with E-state index in [0.717, 1.165) is 0 Å². The molecule has 1 amide bonds. The summed E-state index contributed by atoms with van der Waals surface area (Å²) in [5.74, 6) is -0.154. The van der Waals surface area contributed by atoms with Crippen LogP contribution in [0.2, 0.25) is 0 Å². The van der Waals surface area contributed by atoms with Crippen LogP contribution in [0.3, 0.4) is 0 Å². The number of benzene rings is 1. The Morgan fingerprint density at radius 1 is 0.868 bits per heavy atom. The molecular formula is C47H52F3N14O10PS. The van der Waals surface area contributed by atoms with Gasteiger partial charge in [-0.2, -0.15) is 10.2 Å². The van der Waals surface area contributed by atoms with Crippen molar-refractivity contribution in [3.8, 4) is 11.9 Å². The van der Waals surface area contributed by atoms with Gasteiger partial charge in [-0.15, -0.1) is 0 Å². The molecular weight excluding hydrogens is 1040 g/mol. The molecule has 402 valence electrons. The summed E-state index contributed by atoms with van der Waals surface area (Å²) in [7, 11) is 1.58. The molecule has 10 rings (SSSR count). The van der Waals surface area contributed by atoms with Crippen molar-refractivity contribution >= 4 is 63.7 Å². The largest absolute Gasteiger partial charge is 0.472 e. The van der Waals surface area contributed by atoms with Gasteiger partial charge in [0, 0.05) is 12.6 Å². The van der Waals surface area contributed by atoms with Gasteiger partial charge in [-0.25, -0.2) is 53.0 Å². The Bertz CT molecular complexity index is 3270. The SMILES string of the molecule is C=CCOc1ncnc2c1ncn2[C@@H]1O[C@H](CO)[C@@H](O)[C@H]1F.CC[C@H]1C[C@@H](n2cnc3c(N(C)C(=O)c4ccccc4)ncnc32)[C@H](F)[C@@H]1OP(=S)(OCCC#N)OC[C@H]1O[C@@H](n2cnc3c(C)ncnc32)[C@H](F)[C@@H]1O. The number of nitrogens with zero attached hydrogens (tertiary/aromatic N) is 14. The Morgan fingerprint density at radius 3 is 2.13 bits per heavy atom. The van der Waals surface area contributed by atoms with E-state index in [1.54, 1.807) is 48.9 Å². The lowest BCUT2D eigenvalue weighted by Crippen LogP contribution is -2.32. The van der Waals surface area contributed by atoms with E-state index in [4.69, 9.17) is 44.7 Å². The Balaban J connectivity index is 0.000000266. The summed E-state index contributed by atoms with van der Waals surface area (Å²) in [4.78, 5) is 52.5. The number of aliphatic hydroxyl groups is 3. The van der Waals surface area contributed by atoms with Crippen LogP contribution < -0.4 is 9.64 Å². The third kappa shape index (κ3) is 10.6. The lowest BCUT2D eigenvalue weighted by atomic mass is 10.0. The first-order chi connectivity index (χ1) is 36.7. The molecule has 0 spiro atoms. The molecule has 2 saturated heterocycles. The van der Waals surface area contributed by atoms with Crippen LogP contribution in [0.4, 0.5) is 19.0 Å². The van der Waals surface area contributed by atoms with Crippen molar-refractivity contribution in [2.24, 2.45) is 5.92 Å². The minimum Gasteiger partial charge on any atom is -0.472 e. The van der Waals surface area contributed by atoms with Gasteiger partial charge in [0.2, 0.25) is 5.88 Å². The number of aryl methyl sites for hydroxylation is 1. The van der Waals surface area contributed by atoms with Gasteiger partial charge >= 0.3 is 6.72 Å². The van der Waals surface area contributed by atoms with E-state index in [-0.39, 0.29) is 43.2 Å². The van der Waals surface area contributed by atoms with Crippen molar-refractivity contribution in [1.82, 2.24) is 58.6 Å². The third-order valence-electron chi connectivity index (χ3n) is 13.2. The second-order valence-electron chi connectivity index (χ2n) is 17.8. The molecule has 1 unspecified atom stereocenters. The molecule has 6 aromatic heterocycles. The molecule has 76 heavy (non-hydrogen) atoms. The summed E-state index contributed by atoms with van der Waals surface area (Å²) in [5.41, 5.74) is 3.14. The van der Waals surface area contributed by atoms with E-state index in [9.17, 15) is 24.7 Å². The lowest BCUT2D eigenvalue weighted by Gasteiger charge is -2.29. The van der Waals surface area contributed by atoms with Crippen LogP contribution in [-0.4, -0.2) is 162 Å². The molecule has 1 saturated carbocycles. The molecule has 0 radical (unpaired) electrons. The second-order valence-corrected chi connectivity index (χ2v) is 20.8. The number of fused-ring (bicyclic) bond motifs is 3. The van der Waals surface area contributed by atoms with E-state index in [1.165, 1.54) is 52.0 Å². The molecule has 8 heterocycles. The predicted octanol–water partition coefficient (Wildman–Crippen LogP) is 4.69.